The molecule has 0 bridgehead atoms. The van der Waals surface area contributed by atoms with E-state index in [4.69, 9.17) is 5.48 Å². The van der Waals surface area contributed by atoms with Crippen LogP contribution in [0.2, 0.25) is 0 Å². The molecule has 1 N–H and O–H groups in total. The van der Waals surface area contributed by atoms with Gasteiger partial charge in [0.15, 0.2) is 5.78 Å². The molecule has 0 aliphatic carbocycles. The number of fused-ring (bicyclic) bond motifs is 1. The molecule has 4 rings (SSSR count). The zero-order valence-corrected chi connectivity index (χ0v) is 15.4. The van der Waals surface area contributed by atoms with Gasteiger partial charge in [0.25, 0.3) is 0 Å². The summed E-state index contributed by atoms with van der Waals surface area (Å²) in [5.41, 5.74) is 1.28. The molecule has 1 aliphatic rings. The summed E-state index contributed by atoms with van der Waals surface area (Å²) >= 11 is 0. The van der Waals surface area contributed by atoms with Gasteiger partial charge >= 0.3 is 5.69 Å². The Bertz CT molecular complexity index is 1200. The second kappa shape index (κ2) is 8.10. The summed E-state index contributed by atoms with van der Waals surface area (Å²) in [7, 11) is 0. The standard InChI is InChI=1S/C22H24FN3O2/c23-17-9-7-16(8-10-17)21(27)6-3-13-25-14-11-18(12-15-25)26-20-5-2-1-4-19(20)24-22(26)28/h1-2,4-5,7-10,18H,3,6,11-15H2,(H,24,28)/i7D,8D,9D,10D. The van der Waals surface area contributed by atoms with Gasteiger partial charge in [0.2, 0.25) is 0 Å². The van der Waals surface area contributed by atoms with E-state index in [9.17, 15) is 14.0 Å². The lowest BCUT2D eigenvalue weighted by Gasteiger charge is -2.32. The number of H-pyrrole nitrogens is 1. The fourth-order valence-corrected chi connectivity index (χ4v) is 3.86. The number of carbonyl (C=O) groups is 1. The Labute approximate surface area is 168 Å². The first-order valence-electron chi connectivity index (χ1n) is 11.5. The molecule has 1 aliphatic heterocycles. The van der Waals surface area contributed by atoms with E-state index in [1.54, 1.807) is 0 Å². The van der Waals surface area contributed by atoms with E-state index in [2.05, 4.69) is 9.88 Å². The van der Waals surface area contributed by atoms with E-state index < -0.39 is 35.8 Å². The number of aromatic amines is 1. The third-order valence-corrected chi connectivity index (χ3v) is 5.30. The number of hydrogen-bond acceptors (Lipinski definition) is 3. The highest BCUT2D eigenvalue weighted by molar-refractivity contribution is 5.95. The van der Waals surface area contributed by atoms with Gasteiger partial charge in [-0.05, 0) is 62.1 Å². The van der Waals surface area contributed by atoms with Crippen LogP contribution in [0.4, 0.5) is 4.39 Å². The van der Waals surface area contributed by atoms with E-state index in [0.717, 1.165) is 37.0 Å². The van der Waals surface area contributed by atoms with Crippen molar-refractivity contribution in [2.75, 3.05) is 19.6 Å². The number of para-hydroxylation sites is 2. The first kappa shape index (κ1) is 14.3. The smallest absolute Gasteiger partial charge is 0.306 e. The van der Waals surface area contributed by atoms with Crippen LogP contribution in [0.3, 0.4) is 0 Å². The number of piperidine rings is 1. The van der Waals surface area contributed by atoms with E-state index >= 15 is 0 Å². The van der Waals surface area contributed by atoms with Crippen molar-refractivity contribution < 1.29 is 14.7 Å². The van der Waals surface area contributed by atoms with Crippen molar-refractivity contribution in [1.82, 2.24) is 14.5 Å². The maximum atomic E-state index is 13.7. The highest BCUT2D eigenvalue weighted by Crippen LogP contribution is 2.25. The zero-order chi connectivity index (χ0) is 23.0. The van der Waals surface area contributed by atoms with Crippen molar-refractivity contribution >= 4 is 16.8 Å². The van der Waals surface area contributed by atoms with E-state index in [-0.39, 0.29) is 23.7 Å². The van der Waals surface area contributed by atoms with Crippen molar-refractivity contribution in [3.8, 4) is 0 Å². The fourth-order valence-electron chi connectivity index (χ4n) is 3.86. The summed E-state index contributed by atoms with van der Waals surface area (Å²) in [6.45, 7) is 2.20. The Hall–Kier alpha value is -2.73. The number of hydrogen-bond donors (Lipinski definition) is 1. The number of ketones is 1. The van der Waals surface area contributed by atoms with Gasteiger partial charge in [0.05, 0.1) is 16.5 Å². The Morgan fingerprint density at radius 2 is 1.89 bits per heavy atom. The van der Waals surface area contributed by atoms with Crippen LogP contribution in [0, 0.1) is 5.82 Å². The zero-order valence-electron chi connectivity index (χ0n) is 19.4. The molecule has 0 atom stereocenters. The average Bonchev–Trinajstić information content (AvgIpc) is 3.12. The van der Waals surface area contributed by atoms with Crippen molar-refractivity contribution in [3.63, 3.8) is 0 Å². The maximum Gasteiger partial charge on any atom is 0.326 e. The summed E-state index contributed by atoms with van der Waals surface area (Å²) in [6.07, 6.45) is 2.18. The molecule has 0 spiro atoms. The number of Topliss-reactive ketones (excluding diaryl/α,β-unsaturated/α-hetero) is 1. The van der Waals surface area contributed by atoms with Gasteiger partial charge < -0.3 is 9.88 Å². The fraction of sp³-hybridized carbons (Fsp3) is 0.364. The van der Waals surface area contributed by atoms with E-state index in [1.165, 1.54) is 0 Å². The lowest BCUT2D eigenvalue weighted by molar-refractivity contribution is 0.0970. The largest absolute Gasteiger partial charge is 0.326 e. The van der Waals surface area contributed by atoms with Crippen LogP contribution in [0.25, 0.3) is 11.0 Å². The van der Waals surface area contributed by atoms with Gasteiger partial charge in [-0.2, -0.15) is 0 Å². The SMILES string of the molecule is [2H]c1c([2H])c(C(=O)CCCN2CCC(n3c(=O)[nH]c4ccccc43)CC2)c([2H])c([2H])c1F. The maximum absolute atomic E-state index is 13.7. The molecule has 6 heteroatoms. The van der Waals surface area contributed by atoms with Crippen LogP contribution in [-0.2, 0) is 0 Å². The second-order valence-corrected chi connectivity index (χ2v) is 7.11. The lowest BCUT2D eigenvalue weighted by atomic mass is 10.0. The van der Waals surface area contributed by atoms with Crippen LogP contribution in [0.15, 0.2) is 53.2 Å². The normalized spacial score (nSPS) is 17.9. The van der Waals surface area contributed by atoms with Crippen LogP contribution < -0.4 is 5.69 Å². The van der Waals surface area contributed by atoms with Crippen molar-refractivity contribution in [3.05, 3.63) is 70.3 Å². The Kier molecular flexibility index (Phi) is 4.14. The van der Waals surface area contributed by atoms with Gasteiger partial charge in [-0.25, -0.2) is 9.18 Å². The van der Waals surface area contributed by atoms with Gasteiger partial charge in [-0.3, -0.25) is 9.36 Å². The minimum absolute atomic E-state index is 0.0596. The molecule has 2 heterocycles. The average molecular weight is 385 g/mol. The highest BCUT2D eigenvalue weighted by atomic mass is 19.1. The minimum Gasteiger partial charge on any atom is -0.306 e. The van der Waals surface area contributed by atoms with Crippen LogP contribution in [0.1, 0.15) is 47.6 Å². The van der Waals surface area contributed by atoms with E-state index in [0.29, 0.717) is 13.0 Å². The number of carbonyl (C=O) groups excluding carboxylic acids is 1. The lowest BCUT2D eigenvalue weighted by Crippen LogP contribution is -2.37. The molecule has 5 nitrogen and oxygen atoms in total. The van der Waals surface area contributed by atoms with Crippen LogP contribution in [-0.4, -0.2) is 39.9 Å². The van der Waals surface area contributed by atoms with E-state index in [1.807, 2.05) is 28.8 Å². The predicted molar refractivity (Wildman–Crippen MR) is 107 cm³/mol. The summed E-state index contributed by atoms with van der Waals surface area (Å²) in [5.74, 6) is -1.75. The van der Waals surface area contributed by atoms with Gasteiger partial charge in [-0.1, -0.05) is 12.1 Å². The molecule has 0 radical (unpaired) electrons. The number of aromatic nitrogens is 2. The number of nitrogens with zero attached hydrogens (tertiary/aromatic N) is 2. The number of benzene rings is 2. The van der Waals surface area contributed by atoms with Crippen molar-refractivity contribution in [2.24, 2.45) is 0 Å². The van der Waals surface area contributed by atoms with Gasteiger partial charge in [0.1, 0.15) is 5.82 Å². The molecule has 0 saturated carbocycles. The quantitative estimate of drug-likeness (QED) is 0.657. The molecule has 0 amide bonds. The van der Waals surface area contributed by atoms with Gasteiger partial charge in [0, 0.05) is 31.1 Å². The minimum atomic E-state index is -1.24. The third kappa shape index (κ3) is 3.92. The molecular weight excluding hydrogens is 357 g/mol. The molecule has 1 fully saturated rings. The molecule has 146 valence electrons. The molecule has 1 aromatic heterocycles. The number of imidazole rings is 1. The molecule has 3 aromatic rings. The monoisotopic (exact) mass is 385 g/mol. The summed E-state index contributed by atoms with van der Waals surface area (Å²) in [4.78, 5) is 30.0. The number of rotatable bonds is 6. The molecular formula is C22H24FN3O2. The molecule has 2 aromatic carbocycles. The Morgan fingerprint density at radius 3 is 2.64 bits per heavy atom. The highest BCUT2D eigenvalue weighted by Gasteiger charge is 2.23. The molecule has 28 heavy (non-hydrogen) atoms. The second-order valence-electron chi connectivity index (χ2n) is 7.11. The Balaban J connectivity index is 1.34. The molecule has 0 unspecified atom stereocenters. The molecule has 1 saturated heterocycles. The summed E-state index contributed by atoms with van der Waals surface area (Å²) in [5, 5.41) is 0. The van der Waals surface area contributed by atoms with Crippen LogP contribution in [0.5, 0.6) is 0 Å². The van der Waals surface area contributed by atoms with Crippen LogP contribution >= 0.6 is 0 Å². The summed E-state index contributed by atoms with van der Waals surface area (Å²) < 4.78 is 46.2. The Morgan fingerprint density at radius 1 is 1.18 bits per heavy atom. The first-order valence-corrected chi connectivity index (χ1v) is 9.50. The third-order valence-electron chi connectivity index (χ3n) is 5.30. The summed E-state index contributed by atoms with van der Waals surface area (Å²) in [6, 6.07) is 4.85. The number of likely N-dealkylation sites (tertiary alicyclic amines) is 1. The van der Waals surface area contributed by atoms with Crippen molar-refractivity contribution in [1.29, 1.82) is 0 Å². The van der Waals surface area contributed by atoms with Crippen molar-refractivity contribution in [2.45, 2.75) is 31.7 Å². The number of halogens is 1. The topological polar surface area (TPSA) is 58.1 Å². The first-order chi connectivity index (χ1) is 15.3. The predicted octanol–water partition coefficient (Wildman–Crippen LogP) is 3.77. The number of nitrogens with one attached hydrogen (secondary N) is 1. The van der Waals surface area contributed by atoms with Gasteiger partial charge in [-0.15, -0.1) is 0 Å².